The van der Waals surface area contributed by atoms with Crippen molar-refractivity contribution in [2.45, 2.75) is 25.6 Å². The van der Waals surface area contributed by atoms with Crippen LogP contribution in [0.2, 0.25) is 0 Å². The molecule has 0 aliphatic carbocycles. The molecule has 1 aromatic carbocycles. The standard InChI is InChI=1S/C14H15ClFNOS/c1-10-4-5-11(16)7-13(10)18-6-2-3-14-17-12(8-15)9-19-14/h4-5,7,9H,2-3,6,8H2,1H3. The Morgan fingerprint density at radius 2 is 2.26 bits per heavy atom. The lowest BCUT2D eigenvalue weighted by Gasteiger charge is -2.08. The molecule has 0 atom stereocenters. The first-order valence-corrected chi connectivity index (χ1v) is 7.48. The van der Waals surface area contributed by atoms with Crippen molar-refractivity contribution in [2.75, 3.05) is 6.61 Å². The van der Waals surface area contributed by atoms with Gasteiger partial charge in [0.15, 0.2) is 0 Å². The summed E-state index contributed by atoms with van der Waals surface area (Å²) in [7, 11) is 0. The number of nitrogens with zero attached hydrogens (tertiary/aromatic N) is 1. The third-order valence-electron chi connectivity index (χ3n) is 2.68. The zero-order valence-electron chi connectivity index (χ0n) is 10.7. The van der Waals surface area contributed by atoms with E-state index in [9.17, 15) is 4.39 Å². The van der Waals surface area contributed by atoms with Gasteiger partial charge in [-0.2, -0.15) is 0 Å². The van der Waals surface area contributed by atoms with Crippen molar-refractivity contribution in [1.29, 1.82) is 0 Å². The lowest BCUT2D eigenvalue weighted by Crippen LogP contribution is -2.01. The van der Waals surface area contributed by atoms with Crippen molar-refractivity contribution in [2.24, 2.45) is 0 Å². The van der Waals surface area contributed by atoms with Crippen LogP contribution < -0.4 is 4.74 Å². The van der Waals surface area contributed by atoms with E-state index in [1.165, 1.54) is 12.1 Å². The van der Waals surface area contributed by atoms with Gasteiger partial charge in [-0.3, -0.25) is 0 Å². The van der Waals surface area contributed by atoms with Crippen LogP contribution in [-0.2, 0) is 12.3 Å². The average molecular weight is 300 g/mol. The molecule has 5 heteroatoms. The quantitative estimate of drug-likeness (QED) is 0.585. The van der Waals surface area contributed by atoms with E-state index in [1.54, 1.807) is 17.4 Å². The molecule has 0 radical (unpaired) electrons. The van der Waals surface area contributed by atoms with Gasteiger partial charge in [0.05, 0.1) is 23.2 Å². The van der Waals surface area contributed by atoms with Gasteiger partial charge in [0.2, 0.25) is 0 Å². The number of hydrogen-bond donors (Lipinski definition) is 0. The highest BCUT2D eigenvalue weighted by atomic mass is 35.5. The number of thiazole rings is 1. The first-order valence-electron chi connectivity index (χ1n) is 6.07. The highest BCUT2D eigenvalue weighted by molar-refractivity contribution is 7.09. The van der Waals surface area contributed by atoms with Gasteiger partial charge in [-0.05, 0) is 25.0 Å². The molecular formula is C14H15ClFNOS. The van der Waals surface area contributed by atoms with Crippen LogP contribution in [0.4, 0.5) is 4.39 Å². The molecule has 2 nitrogen and oxygen atoms in total. The van der Waals surface area contributed by atoms with E-state index in [0.29, 0.717) is 18.2 Å². The molecule has 2 aromatic rings. The van der Waals surface area contributed by atoms with Crippen LogP contribution in [0.1, 0.15) is 22.7 Å². The van der Waals surface area contributed by atoms with Gasteiger partial charge >= 0.3 is 0 Å². The van der Waals surface area contributed by atoms with Crippen LogP contribution >= 0.6 is 22.9 Å². The Bertz CT molecular complexity index is 544. The van der Waals surface area contributed by atoms with E-state index in [1.807, 2.05) is 12.3 Å². The number of benzene rings is 1. The molecule has 0 aliphatic heterocycles. The van der Waals surface area contributed by atoms with Gasteiger partial charge in [-0.25, -0.2) is 9.37 Å². The summed E-state index contributed by atoms with van der Waals surface area (Å²) in [5.74, 6) is 0.794. The number of aryl methyl sites for hydroxylation is 2. The summed E-state index contributed by atoms with van der Waals surface area (Å²) in [4.78, 5) is 4.38. The lowest BCUT2D eigenvalue weighted by atomic mass is 10.2. The van der Waals surface area contributed by atoms with Gasteiger partial charge in [-0.1, -0.05) is 6.07 Å². The molecule has 19 heavy (non-hydrogen) atoms. The molecule has 0 amide bonds. The molecule has 102 valence electrons. The molecule has 0 spiro atoms. The van der Waals surface area contributed by atoms with E-state index in [0.717, 1.165) is 29.1 Å². The summed E-state index contributed by atoms with van der Waals surface area (Å²) >= 11 is 7.31. The van der Waals surface area contributed by atoms with E-state index < -0.39 is 0 Å². The largest absolute Gasteiger partial charge is 0.493 e. The van der Waals surface area contributed by atoms with Crippen LogP contribution in [-0.4, -0.2) is 11.6 Å². The minimum Gasteiger partial charge on any atom is -0.493 e. The third-order valence-corrected chi connectivity index (χ3v) is 3.91. The summed E-state index contributed by atoms with van der Waals surface area (Å²) in [6.45, 7) is 2.46. The van der Waals surface area contributed by atoms with E-state index >= 15 is 0 Å². The number of aromatic nitrogens is 1. The van der Waals surface area contributed by atoms with Crippen molar-refractivity contribution in [1.82, 2.24) is 4.98 Å². The SMILES string of the molecule is Cc1ccc(F)cc1OCCCc1nc(CCl)cs1. The first kappa shape index (κ1) is 14.3. The van der Waals surface area contributed by atoms with Gasteiger partial charge in [-0.15, -0.1) is 22.9 Å². The molecule has 0 N–H and O–H groups in total. The maximum absolute atomic E-state index is 13.1. The molecule has 0 unspecified atom stereocenters. The Morgan fingerprint density at radius 3 is 3.00 bits per heavy atom. The number of alkyl halides is 1. The fourth-order valence-electron chi connectivity index (χ4n) is 1.66. The van der Waals surface area contributed by atoms with Crippen molar-refractivity contribution in [3.05, 3.63) is 45.7 Å². The highest BCUT2D eigenvalue weighted by Gasteiger charge is 2.03. The molecule has 0 bridgehead atoms. The summed E-state index contributed by atoms with van der Waals surface area (Å²) in [5, 5.41) is 3.04. The normalized spacial score (nSPS) is 10.7. The van der Waals surface area contributed by atoms with Gasteiger partial charge in [0, 0.05) is 17.9 Å². The van der Waals surface area contributed by atoms with E-state index in [4.69, 9.17) is 16.3 Å². The summed E-state index contributed by atoms with van der Waals surface area (Å²) in [6.07, 6.45) is 1.71. The average Bonchev–Trinajstić information content (AvgIpc) is 2.86. The summed E-state index contributed by atoms with van der Waals surface area (Å²) < 4.78 is 18.6. The molecule has 0 aliphatic rings. The van der Waals surface area contributed by atoms with Crippen LogP contribution in [0.5, 0.6) is 5.75 Å². The molecule has 2 rings (SSSR count). The fourth-order valence-corrected chi connectivity index (χ4v) is 2.73. The predicted octanol–water partition coefficient (Wildman–Crippen LogP) is 4.34. The predicted molar refractivity (Wildman–Crippen MR) is 76.6 cm³/mol. The highest BCUT2D eigenvalue weighted by Crippen LogP contribution is 2.19. The Kier molecular flexibility index (Phi) is 5.16. The molecule has 1 heterocycles. The van der Waals surface area contributed by atoms with Crippen molar-refractivity contribution < 1.29 is 9.13 Å². The minimum atomic E-state index is -0.271. The second kappa shape index (κ2) is 6.87. The smallest absolute Gasteiger partial charge is 0.126 e. The number of hydrogen-bond acceptors (Lipinski definition) is 3. The van der Waals surface area contributed by atoms with Crippen LogP contribution in [0, 0.1) is 12.7 Å². The maximum atomic E-state index is 13.1. The molecule has 0 saturated carbocycles. The Hall–Kier alpha value is -1.13. The molecule has 1 aromatic heterocycles. The van der Waals surface area contributed by atoms with Gasteiger partial charge in [0.25, 0.3) is 0 Å². The topological polar surface area (TPSA) is 22.1 Å². The monoisotopic (exact) mass is 299 g/mol. The summed E-state index contributed by atoms with van der Waals surface area (Å²) in [5.41, 5.74) is 1.86. The Morgan fingerprint density at radius 1 is 1.42 bits per heavy atom. The fraction of sp³-hybridized carbons (Fsp3) is 0.357. The van der Waals surface area contributed by atoms with E-state index in [2.05, 4.69) is 4.98 Å². The number of ether oxygens (including phenoxy) is 1. The van der Waals surface area contributed by atoms with Crippen LogP contribution in [0.3, 0.4) is 0 Å². The summed E-state index contributed by atoms with van der Waals surface area (Å²) in [6, 6.07) is 4.58. The second-order valence-corrected chi connectivity index (χ2v) is 5.44. The Balaban J connectivity index is 1.79. The zero-order chi connectivity index (χ0) is 13.7. The first-order chi connectivity index (χ1) is 9.19. The Labute approximate surface area is 121 Å². The van der Waals surface area contributed by atoms with Crippen LogP contribution in [0.25, 0.3) is 0 Å². The third kappa shape index (κ3) is 4.18. The second-order valence-electron chi connectivity index (χ2n) is 4.23. The minimum absolute atomic E-state index is 0.271. The zero-order valence-corrected chi connectivity index (χ0v) is 12.2. The van der Waals surface area contributed by atoms with Crippen molar-refractivity contribution >= 4 is 22.9 Å². The lowest BCUT2D eigenvalue weighted by molar-refractivity contribution is 0.307. The van der Waals surface area contributed by atoms with Crippen molar-refractivity contribution in [3.63, 3.8) is 0 Å². The van der Waals surface area contributed by atoms with Crippen LogP contribution in [0.15, 0.2) is 23.6 Å². The van der Waals surface area contributed by atoms with Gasteiger partial charge < -0.3 is 4.74 Å². The van der Waals surface area contributed by atoms with Crippen molar-refractivity contribution in [3.8, 4) is 5.75 Å². The van der Waals surface area contributed by atoms with Gasteiger partial charge in [0.1, 0.15) is 11.6 Å². The number of rotatable bonds is 6. The van der Waals surface area contributed by atoms with E-state index in [-0.39, 0.29) is 5.82 Å². The maximum Gasteiger partial charge on any atom is 0.126 e. The molecule has 0 saturated heterocycles. The number of halogens is 2. The molecular weight excluding hydrogens is 285 g/mol. The molecule has 0 fully saturated rings.